The molecule has 3 aromatic heterocycles. The minimum Gasteiger partial charge on any atom is -0.345 e. The van der Waals surface area contributed by atoms with Crippen LogP contribution in [0.15, 0.2) is 85.3 Å². The van der Waals surface area contributed by atoms with Crippen LogP contribution in [0, 0.1) is 0 Å². The fourth-order valence-corrected chi connectivity index (χ4v) is 6.23. The van der Waals surface area contributed by atoms with E-state index in [4.69, 9.17) is 0 Å². The second-order valence-electron chi connectivity index (χ2n) is 14.2. The van der Waals surface area contributed by atoms with Crippen molar-refractivity contribution in [2.24, 2.45) is 14.1 Å². The fraction of sp³-hybridized carbons (Fsp3) is 0.333. The number of anilines is 2. The van der Waals surface area contributed by atoms with Crippen LogP contribution in [0.2, 0.25) is 0 Å². The molecular formula is C42H52N7O3+. The maximum absolute atomic E-state index is 13.2. The van der Waals surface area contributed by atoms with Gasteiger partial charge in [0.25, 0.3) is 17.7 Å². The number of aromatic nitrogens is 3. The van der Waals surface area contributed by atoms with Crippen LogP contribution in [-0.4, -0.2) is 70.1 Å². The van der Waals surface area contributed by atoms with Gasteiger partial charge < -0.3 is 29.6 Å². The minimum absolute atomic E-state index is 0.183. The molecule has 272 valence electrons. The molecule has 10 nitrogen and oxygen atoms in total. The number of carbonyl (C=O) groups is 3. The van der Waals surface area contributed by atoms with Gasteiger partial charge in [-0.25, -0.2) is 0 Å². The molecule has 3 amide bonds. The normalized spacial score (nSPS) is 11.6. The Balaban J connectivity index is 1.10. The molecule has 2 aromatic carbocycles. The van der Waals surface area contributed by atoms with E-state index >= 15 is 0 Å². The number of unbranched alkanes of at least 4 members (excludes halogenated alkanes) is 5. The minimum atomic E-state index is -0.355. The standard InChI is InChI=1S/C42H51N7O3/c1-6-7-8-9-10-13-23-49(4,5)24-22-43-41(51)38-26-36(30-47(38)2)46-42(52)39-27-35(29-48(39)3)45-40(50)33-20-18-31(19-21-33)16-17-32-25-34-14-11-12-15-37(34)44-28-32/h11-12,14-21,25-30H,6-10,13,22-24H2,1-5H3,(H2-,43,45,46,50,51,52)/p+1/b17-16+. The van der Waals surface area contributed by atoms with E-state index in [9.17, 15) is 14.4 Å². The van der Waals surface area contributed by atoms with Gasteiger partial charge in [0.2, 0.25) is 0 Å². The quantitative estimate of drug-likeness (QED) is 0.0680. The number of aryl methyl sites for hydroxylation is 2. The van der Waals surface area contributed by atoms with Gasteiger partial charge in [-0.2, -0.15) is 0 Å². The second kappa shape index (κ2) is 17.6. The molecule has 0 atom stereocenters. The monoisotopic (exact) mass is 702 g/mol. The highest BCUT2D eigenvalue weighted by Crippen LogP contribution is 2.20. The number of nitrogens with one attached hydrogen (secondary N) is 3. The van der Waals surface area contributed by atoms with Crippen molar-refractivity contribution in [1.82, 2.24) is 19.4 Å². The Labute approximate surface area is 307 Å². The summed E-state index contributed by atoms with van der Waals surface area (Å²) in [5.41, 5.74) is 5.22. The lowest BCUT2D eigenvalue weighted by molar-refractivity contribution is -0.889. The Kier molecular flexibility index (Phi) is 12.8. The van der Waals surface area contributed by atoms with E-state index in [1.165, 1.54) is 38.5 Å². The highest BCUT2D eigenvalue weighted by atomic mass is 16.2. The summed E-state index contributed by atoms with van der Waals surface area (Å²) in [6.07, 6.45) is 16.8. The number of hydrogen-bond donors (Lipinski definition) is 3. The molecule has 0 spiro atoms. The number of amides is 3. The van der Waals surface area contributed by atoms with Gasteiger partial charge in [0.05, 0.1) is 50.6 Å². The Morgan fingerprint density at radius 2 is 1.33 bits per heavy atom. The molecule has 0 aliphatic heterocycles. The summed E-state index contributed by atoms with van der Waals surface area (Å²) in [6.45, 7) is 4.73. The number of benzene rings is 2. The Hall–Kier alpha value is -5.48. The summed E-state index contributed by atoms with van der Waals surface area (Å²) in [5, 5.41) is 9.89. The zero-order chi connectivity index (χ0) is 37.1. The predicted molar refractivity (Wildman–Crippen MR) is 211 cm³/mol. The summed E-state index contributed by atoms with van der Waals surface area (Å²) < 4.78 is 4.22. The third-order valence-corrected chi connectivity index (χ3v) is 9.36. The van der Waals surface area contributed by atoms with Gasteiger partial charge in [0.15, 0.2) is 0 Å². The lowest BCUT2D eigenvalue weighted by Crippen LogP contribution is -2.46. The topological polar surface area (TPSA) is 110 Å². The van der Waals surface area contributed by atoms with Gasteiger partial charge in [-0.1, -0.05) is 75.1 Å². The molecule has 0 bridgehead atoms. The smallest absolute Gasteiger partial charge is 0.272 e. The summed E-state index contributed by atoms with van der Waals surface area (Å²) in [4.78, 5) is 43.8. The number of pyridine rings is 1. The highest BCUT2D eigenvalue weighted by molar-refractivity contribution is 6.07. The molecule has 5 rings (SSSR count). The molecular weight excluding hydrogens is 651 g/mol. The van der Waals surface area contributed by atoms with Crippen molar-refractivity contribution in [3.05, 3.63) is 113 Å². The summed E-state index contributed by atoms with van der Waals surface area (Å²) >= 11 is 0. The van der Waals surface area contributed by atoms with Crippen molar-refractivity contribution in [3.8, 4) is 0 Å². The maximum Gasteiger partial charge on any atom is 0.272 e. The Morgan fingerprint density at radius 1 is 0.712 bits per heavy atom. The van der Waals surface area contributed by atoms with Crippen LogP contribution in [0.4, 0.5) is 11.4 Å². The van der Waals surface area contributed by atoms with Crippen LogP contribution in [0.25, 0.3) is 23.1 Å². The predicted octanol–water partition coefficient (Wildman–Crippen LogP) is 7.75. The summed E-state index contributed by atoms with van der Waals surface area (Å²) in [6, 6.07) is 20.7. The maximum atomic E-state index is 13.2. The van der Waals surface area contributed by atoms with Crippen molar-refractivity contribution in [2.75, 3.05) is 44.4 Å². The molecule has 10 heteroatoms. The van der Waals surface area contributed by atoms with Gasteiger partial charge in [-0.05, 0) is 60.4 Å². The lowest BCUT2D eigenvalue weighted by atomic mass is 10.1. The van der Waals surface area contributed by atoms with Crippen LogP contribution >= 0.6 is 0 Å². The van der Waals surface area contributed by atoms with Crippen molar-refractivity contribution in [1.29, 1.82) is 0 Å². The third kappa shape index (κ3) is 10.5. The number of hydrogen-bond acceptors (Lipinski definition) is 4. The van der Waals surface area contributed by atoms with Gasteiger partial charge in [0, 0.05) is 43.6 Å². The Morgan fingerprint density at radius 3 is 2.04 bits per heavy atom. The van der Waals surface area contributed by atoms with Crippen molar-refractivity contribution >= 4 is 52.2 Å². The third-order valence-electron chi connectivity index (χ3n) is 9.36. The van der Waals surface area contributed by atoms with E-state index in [0.717, 1.165) is 39.6 Å². The van der Waals surface area contributed by atoms with Crippen molar-refractivity contribution < 1.29 is 18.9 Å². The number of likely N-dealkylation sites (N-methyl/N-ethyl adjacent to an activating group) is 1. The van der Waals surface area contributed by atoms with Gasteiger partial charge in [-0.15, -0.1) is 0 Å². The lowest BCUT2D eigenvalue weighted by Gasteiger charge is -2.30. The first kappa shape index (κ1) is 37.8. The van der Waals surface area contributed by atoms with E-state index in [2.05, 4.69) is 48.0 Å². The number of quaternary nitrogens is 1. The molecule has 0 aliphatic rings. The summed E-state index contributed by atoms with van der Waals surface area (Å²) in [5.74, 6) is -0.820. The zero-order valence-corrected chi connectivity index (χ0v) is 31.1. The zero-order valence-electron chi connectivity index (χ0n) is 31.1. The van der Waals surface area contributed by atoms with Crippen molar-refractivity contribution in [2.45, 2.75) is 45.4 Å². The van der Waals surface area contributed by atoms with E-state index in [1.54, 1.807) is 59.9 Å². The van der Waals surface area contributed by atoms with E-state index < -0.39 is 0 Å². The highest BCUT2D eigenvalue weighted by Gasteiger charge is 2.19. The van der Waals surface area contributed by atoms with Gasteiger partial charge >= 0.3 is 0 Å². The SMILES string of the molecule is CCCCCCCC[N+](C)(C)CCNC(=O)c1cc(NC(=O)c2cc(NC(=O)c3ccc(/C=C/c4cnc5ccccc5c4)cc3)cn2C)cn1C. The van der Waals surface area contributed by atoms with Gasteiger partial charge in [-0.3, -0.25) is 19.4 Å². The molecule has 0 radical (unpaired) electrons. The van der Waals surface area contributed by atoms with E-state index in [-0.39, 0.29) is 17.7 Å². The van der Waals surface area contributed by atoms with Gasteiger partial charge in [0.1, 0.15) is 11.4 Å². The molecule has 0 unspecified atom stereocenters. The first-order valence-corrected chi connectivity index (χ1v) is 18.2. The fourth-order valence-electron chi connectivity index (χ4n) is 6.23. The molecule has 0 fully saturated rings. The number of rotatable bonds is 17. The summed E-state index contributed by atoms with van der Waals surface area (Å²) in [7, 11) is 7.94. The van der Waals surface area contributed by atoms with Crippen LogP contribution in [0.5, 0.6) is 0 Å². The molecule has 3 N–H and O–H groups in total. The average Bonchev–Trinajstić information content (AvgIpc) is 3.69. The molecule has 0 aliphatic carbocycles. The Bertz CT molecular complexity index is 2020. The van der Waals surface area contributed by atoms with Crippen LogP contribution in [0.1, 0.15) is 87.9 Å². The second-order valence-corrected chi connectivity index (χ2v) is 14.2. The van der Waals surface area contributed by atoms with E-state index in [0.29, 0.717) is 34.9 Å². The molecule has 52 heavy (non-hydrogen) atoms. The van der Waals surface area contributed by atoms with Crippen LogP contribution in [-0.2, 0) is 14.1 Å². The molecule has 5 aromatic rings. The van der Waals surface area contributed by atoms with Crippen LogP contribution < -0.4 is 16.0 Å². The molecule has 0 saturated carbocycles. The number of fused-ring (bicyclic) bond motifs is 1. The molecule has 0 saturated heterocycles. The first-order valence-electron chi connectivity index (χ1n) is 18.2. The van der Waals surface area contributed by atoms with Crippen molar-refractivity contribution in [3.63, 3.8) is 0 Å². The number of nitrogens with zero attached hydrogens (tertiary/aromatic N) is 4. The number of carbonyl (C=O) groups excluding carboxylic acids is 3. The number of para-hydroxylation sites is 1. The molecule has 3 heterocycles. The van der Waals surface area contributed by atoms with Crippen LogP contribution in [0.3, 0.4) is 0 Å². The van der Waals surface area contributed by atoms with E-state index in [1.807, 2.05) is 54.7 Å². The first-order chi connectivity index (χ1) is 25.0. The largest absolute Gasteiger partial charge is 0.345 e. The average molecular weight is 703 g/mol.